The Morgan fingerprint density at radius 2 is 1.57 bits per heavy atom. The summed E-state index contributed by atoms with van der Waals surface area (Å²) in [5.74, 6) is -0.559. The highest BCUT2D eigenvalue weighted by molar-refractivity contribution is 7.98. The topological polar surface area (TPSA) is 96.0 Å². The van der Waals surface area contributed by atoms with E-state index in [9.17, 15) is 18.0 Å². The molecule has 0 saturated heterocycles. The third-order valence-corrected chi connectivity index (χ3v) is 12.2. The minimum atomic E-state index is -4.30. The Bertz CT molecular complexity index is 1890. The lowest BCUT2D eigenvalue weighted by Gasteiger charge is -2.35. The SMILES string of the molecule is CCOc1ccccc1N(CC(=O)N(Cc1ccc(Cl)c(Cl)c1)[C@H](Cc1ccccc1)C(=O)NC1CCCCC1)S(=O)(=O)c1ccc(SC)cc1. The quantitative estimate of drug-likeness (QED) is 0.122. The Kier molecular flexibility index (Phi) is 13.7. The van der Waals surface area contributed by atoms with Gasteiger partial charge in [-0.25, -0.2) is 8.42 Å². The molecule has 2 amide bonds. The van der Waals surface area contributed by atoms with E-state index >= 15 is 0 Å². The molecule has 1 aliphatic carbocycles. The van der Waals surface area contributed by atoms with Crippen LogP contribution in [0.3, 0.4) is 0 Å². The average molecular weight is 769 g/mol. The second-order valence-corrected chi connectivity index (χ2v) is 16.0. The number of thioether (sulfide) groups is 1. The van der Waals surface area contributed by atoms with E-state index in [0.717, 1.165) is 46.9 Å². The zero-order chi connectivity index (χ0) is 36.4. The lowest BCUT2D eigenvalue weighted by Crippen LogP contribution is -2.55. The molecule has 12 heteroatoms. The molecule has 8 nitrogen and oxygen atoms in total. The molecule has 0 bridgehead atoms. The van der Waals surface area contributed by atoms with Gasteiger partial charge < -0.3 is 15.0 Å². The monoisotopic (exact) mass is 767 g/mol. The van der Waals surface area contributed by atoms with E-state index in [1.54, 1.807) is 61.5 Å². The summed E-state index contributed by atoms with van der Waals surface area (Å²) in [6.45, 7) is 1.47. The summed E-state index contributed by atoms with van der Waals surface area (Å²) in [4.78, 5) is 31.6. The standard InChI is InChI=1S/C39H43Cl2N3O5S2/c1-3-49-37-17-11-10-16-35(37)44(51(47,48)32-21-19-31(50-2)20-22-32)27-38(45)43(26-29-18-23-33(40)34(41)24-29)36(25-28-12-6-4-7-13-28)39(46)42-30-14-8-5-9-15-30/h4,6-7,10-13,16-24,30,36H,3,5,8-9,14-15,25-27H2,1-2H3,(H,42,46)/t36-/m1/s1. The first-order chi connectivity index (χ1) is 24.6. The molecule has 1 saturated carbocycles. The zero-order valence-corrected chi connectivity index (χ0v) is 31.9. The van der Waals surface area contributed by atoms with Crippen LogP contribution in [-0.2, 0) is 32.6 Å². The van der Waals surface area contributed by atoms with Gasteiger partial charge in [0.15, 0.2) is 0 Å². The molecule has 1 N–H and O–H groups in total. The summed E-state index contributed by atoms with van der Waals surface area (Å²) in [6.07, 6.45) is 7.00. The van der Waals surface area contributed by atoms with Crippen molar-refractivity contribution in [3.63, 3.8) is 0 Å². The van der Waals surface area contributed by atoms with Crippen molar-refractivity contribution in [3.8, 4) is 5.75 Å². The van der Waals surface area contributed by atoms with Gasteiger partial charge in [0.25, 0.3) is 10.0 Å². The summed E-state index contributed by atoms with van der Waals surface area (Å²) in [5, 5.41) is 3.88. The number of carbonyl (C=O) groups excluding carboxylic acids is 2. The van der Waals surface area contributed by atoms with E-state index in [4.69, 9.17) is 27.9 Å². The molecule has 4 aromatic rings. The largest absolute Gasteiger partial charge is 0.492 e. The maximum absolute atomic E-state index is 14.9. The number of sulfonamides is 1. The van der Waals surface area contributed by atoms with Crippen molar-refractivity contribution in [2.24, 2.45) is 0 Å². The van der Waals surface area contributed by atoms with E-state index in [2.05, 4.69) is 5.32 Å². The van der Waals surface area contributed by atoms with Crippen LogP contribution in [0.1, 0.15) is 50.2 Å². The number of rotatable bonds is 15. The molecule has 51 heavy (non-hydrogen) atoms. The summed E-state index contributed by atoms with van der Waals surface area (Å²) in [6, 6.07) is 26.8. The number of hydrogen-bond acceptors (Lipinski definition) is 6. The number of nitrogens with one attached hydrogen (secondary N) is 1. The Labute approximate surface area is 315 Å². The van der Waals surface area contributed by atoms with Crippen LogP contribution in [-0.4, -0.2) is 56.6 Å². The van der Waals surface area contributed by atoms with Gasteiger partial charge in [0, 0.05) is 23.9 Å². The first-order valence-corrected chi connectivity index (χ1v) is 20.5. The Balaban J connectivity index is 1.60. The van der Waals surface area contributed by atoms with E-state index in [1.807, 2.05) is 36.6 Å². The van der Waals surface area contributed by atoms with Crippen molar-refractivity contribution >= 4 is 62.5 Å². The number of anilines is 1. The summed E-state index contributed by atoms with van der Waals surface area (Å²) in [7, 11) is -4.30. The van der Waals surface area contributed by atoms with E-state index < -0.39 is 28.5 Å². The predicted molar refractivity (Wildman–Crippen MR) is 206 cm³/mol. The molecule has 0 unspecified atom stereocenters. The fourth-order valence-corrected chi connectivity index (χ4v) is 8.42. The van der Waals surface area contributed by atoms with E-state index in [-0.39, 0.29) is 42.1 Å². The van der Waals surface area contributed by atoms with Gasteiger partial charge in [-0.15, -0.1) is 11.8 Å². The molecule has 0 radical (unpaired) electrons. The molecular weight excluding hydrogens is 725 g/mol. The van der Waals surface area contributed by atoms with Crippen LogP contribution in [0.15, 0.2) is 107 Å². The highest BCUT2D eigenvalue weighted by atomic mass is 35.5. The zero-order valence-electron chi connectivity index (χ0n) is 28.8. The maximum atomic E-state index is 14.9. The number of nitrogens with zero attached hydrogens (tertiary/aromatic N) is 2. The summed E-state index contributed by atoms with van der Waals surface area (Å²) >= 11 is 14.2. The average Bonchev–Trinajstić information content (AvgIpc) is 3.14. The number of amides is 2. The van der Waals surface area contributed by atoms with Gasteiger partial charge in [0.05, 0.1) is 27.2 Å². The molecule has 5 rings (SSSR count). The second-order valence-electron chi connectivity index (χ2n) is 12.4. The third-order valence-electron chi connectivity index (χ3n) is 8.92. The van der Waals surface area contributed by atoms with Crippen molar-refractivity contribution in [1.82, 2.24) is 10.2 Å². The third kappa shape index (κ3) is 10.0. The van der Waals surface area contributed by atoms with Crippen LogP contribution in [0.25, 0.3) is 0 Å². The fourth-order valence-electron chi connectivity index (χ4n) is 6.26. The lowest BCUT2D eigenvalue weighted by atomic mass is 9.94. The van der Waals surface area contributed by atoms with E-state index in [1.165, 1.54) is 28.8 Å². The predicted octanol–water partition coefficient (Wildman–Crippen LogP) is 8.40. The normalized spacial score (nSPS) is 14.0. The molecular formula is C39H43Cl2N3O5S2. The van der Waals surface area contributed by atoms with Crippen LogP contribution in [0.5, 0.6) is 5.75 Å². The van der Waals surface area contributed by atoms with Crippen LogP contribution in [0.2, 0.25) is 10.0 Å². The highest BCUT2D eigenvalue weighted by Gasteiger charge is 2.36. The van der Waals surface area contributed by atoms with Gasteiger partial charge in [-0.05, 0) is 85.7 Å². The van der Waals surface area contributed by atoms with Gasteiger partial charge in [0.2, 0.25) is 11.8 Å². The molecule has 0 aromatic heterocycles. The Morgan fingerprint density at radius 1 is 0.882 bits per heavy atom. The number of benzene rings is 4. The van der Waals surface area contributed by atoms with Crippen LogP contribution >= 0.6 is 35.0 Å². The van der Waals surface area contributed by atoms with Crippen molar-refractivity contribution in [3.05, 3.63) is 118 Å². The van der Waals surface area contributed by atoms with Crippen molar-refractivity contribution in [2.45, 2.75) is 73.9 Å². The molecule has 0 aliphatic heterocycles. The van der Waals surface area contributed by atoms with E-state index in [0.29, 0.717) is 21.4 Å². The van der Waals surface area contributed by atoms with Crippen LogP contribution < -0.4 is 14.4 Å². The molecule has 0 spiro atoms. The molecule has 1 fully saturated rings. The lowest BCUT2D eigenvalue weighted by molar-refractivity contribution is -0.140. The van der Waals surface area contributed by atoms with Gasteiger partial charge in [-0.2, -0.15) is 0 Å². The van der Waals surface area contributed by atoms with Gasteiger partial charge >= 0.3 is 0 Å². The number of ether oxygens (including phenoxy) is 1. The van der Waals surface area contributed by atoms with Gasteiger partial charge in [-0.3, -0.25) is 13.9 Å². The maximum Gasteiger partial charge on any atom is 0.264 e. The number of hydrogen-bond donors (Lipinski definition) is 1. The summed E-state index contributed by atoms with van der Waals surface area (Å²) < 4.78 is 36.0. The number of carbonyl (C=O) groups is 2. The second kappa shape index (κ2) is 18.2. The molecule has 4 aromatic carbocycles. The first kappa shape index (κ1) is 38.5. The highest BCUT2D eigenvalue weighted by Crippen LogP contribution is 2.34. The van der Waals surface area contributed by atoms with Gasteiger partial charge in [-0.1, -0.05) is 91.0 Å². The minimum absolute atomic E-state index is 0.00865. The molecule has 270 valence electrons. The van der Waals surface area contributed by atoms with Crippen molar-refractivity contribution in [1.29, 1.82) is 0 Å². The Morgan fingerprint density at radius 3 is 2.24 bits per heavy atom. The molecule has 0 heterocycles. The number of para-hydroxylation sites is 2. The summed E-state index contributed by atoms with van der Waals surface area (Å²) in [5.41, 5.74) is 1.70. The van der Waals surface area contributed by atoms with Crippen LogP contribution in [0.4, 0.5) is 5.69 Å². The number of halogens is 2. The minimum Gasteiger partial charge on any atom is -0.492 e. The van der Waals surface area contributed by atoms with Gasteiger partial charge in [0.1, 0.15) is 18.3 Å². The molecule has 1 aliphatic rings. The smallest absolute Gasteiger partial charge is 0.264 e. The fraction of sp³-hybridized carbons (Fsp3) is 0.333. The van der Waals surface area contributed by atoms with Crippen molar-refractivity contribution < 1.29 is 22.7 Å². The Hall–Kier alpha value is -3.70. The first-order valence-electron chi connectivity index (χ1n) is 17.1. The van der Waals surface area contributed by atoms with Crippen LogP contribution in [0, 0.1) is 0 Å². The van der Waals surface area contributed by atoms with Crippen molar-refractivity contribution in [2.75, 3.05) is 23.7 Å². The molecule has 1 atom stereocenters.